The molecule has 1 aromatic heterocycles. The Morgan fingerprint density at radius 2 is 1.80 bits per heavy atom. The van der Waals surface area contributed by atoms with Gasteiger partial charge in [-0.2, -0.15) is 13.2 Å². The first-order chi connectivity index (χ1) is 11.5. The Labute approximate surface area is 162 Å². The fourth-order valence-electron chi connectivity index (χ4n) is 2.08. The van der Waals surface area contributed by atoms with Gasteiger partial charge in [-0.1, -0.05) is 18.2 Å². The van der Waals surface area contributed by atoms with E-state index in [1.165, 1.54) is 12.1 Å². The van der Waals surface area contributed by atoms with Gasteiger partial charge in [0.15, 0.2) is 5.96 Å². The summed E-state index contributed by atoms with van der Waals surface area (Å²) < 4.78 is 37.5. The van der Waals surface area contributed by atoms with E-state index >= 15 is 0 Å². The van der Waals surface area contributed by atoms with Crippen molar-refractivity contribution >= 4 is 29.9 Å². The molecule has 0 fully saturated rings. The van der Waals surface area contributed by atoms with Crippen molar-refractivity contribution in [3.8, 4) is 0 Å². The lowest BCUT2D eigenvalue weighted by molar-refractivity contribution is -0.137. The number of nitrogens with zero attached hydrogens (tertiary/aromatic N) is 2. The van der Waals surface area contributed by atoms with Gasteiger partial charge >= 0.3 is 6.18 Å². The van der Waals surface area contributed by atoms with Gasteiger partial charge < -0.3 is 10.6 Å². The van der Waals surface area contributed by atoms with E-state index in [1.807, 2.05) is 18.2 Å². The number of benzene rings is 1. The Morgan fingerprint density at radius 1 is 1.08 bits per heavy atom. The van der Waals surface area contributed by atoms with Crippen molar-refractivity contribution in [3.63, 3.8) is 0 Å². The standard InChI is InChI=1S/C17H19F3N4.HI/c1-21-16(24-12-15-4-2-3-10-22-15)23-11-9-13-5-7-14(8-6-13)17(18,19)20;/h2-8,10H,9,11-12H2,1H3,(H2,21,23,24);1H. The van der Waals surface area contributed by atoms with Crippen molar-refractivity contribution in [2.45, 2.75) is 19.1 Å². The smallest absolute Gasteiger partial charge is 0.356 e. The molecular weight excluding hydrogens is 444 g/mol. The van der Waals surface area contributed by atoms with Gasteiger partial charge in [0.2, 0.25) is 0 Å². The van der Waals surface area contributed by atoms with Crippen LogP contribution in [0.15, 0.2) is 53.7 Å². The predicted molar refractivity (Wildman–Crippen MR) is 103 cm³/mol. The molecule has 1 heterocycles. The van der Waals surface area contributed by atoms with Crippen LogP contribution >= 0.6 is 24.0 Å². The quantitative estimate of drug-likeness (QED) is 0.404. The maximum atomic E-state index is 12.5. The van der Waals surface area contributed by atoms with Crippen LogP contribution in [0.25, 0.3) is 0 Å². The number of guanidine groups is 1. The summed E-state index contributed by atoms with van der Waals surface area (Å²) in [6, 6.07) is 10.9. The minimum Gasteiger partial charge on any atom is -0.356 e. The van der Waals surface area contributed by atoms with E-state index in [1.54, 1.807) is 13.2 Å². The monoisotopic (exact) mass is 464 g/mol. The Kier molecular flexibility index (Phi) is 8.67. The third-order valence-electron chi connectivity index (χ3n) is 3.37. The molecule has 4 nitrogen and oxygen atoms in total. The number of pyridine rings is 1. The van der Waals surface area contributed by atoms with Crippen LogP contribution in [0.2, 0.25) is 0 Å². The number of hydrogen-bond acceptors (Lipinski definition) is 2. The van der Waals surface area contributed by atoms with Gasteiger partial charge in [0.1, 0.15) is 0 Å². The summed E-state index contributed by atoms with van der Waals surface area (Å²) in [5, 5.41) is 6.25. The first-order valence-corrected chi connectivity index (χ1v) is 7.49. The molecule has 0 radical (unpaired) electrons. The van der Waals surface area contributed by atoms with Crippen LogP contribution < -0.4 is 10.6 Å². The lowest BCUT2D eigenvalue weighted by Gasteiger charge is -2.12. The Hall–Kier alpha value is -1.84. The van der Waals surface area contributed by atoms with Crippen LogP contribution in [0, 0.1) is 0 Å². The molecular formula is C17H20F3IN4. The zero-order chi connectivity index (χ0) is 17.4. The topological polar surface area (TPSA) is 49.3 Å². The third kappa shape index (κ3) is 7.29. The SMILES string of the molecule is CN=C(NCCc1ccc(C(F)(F)F)cc1)NCc1ccccn1.I. The second kappa shape index (κ2) is 10.2. The summed E-state index contributed by atoms with van der Waals surface area (Å²) in [7, 11) is 1.66. The number of rotatable bonds is 5. The van der Waals surface area contributed by atoms with Crippen LogP contribution in [0.5, 0.6) is 0 Å². The molecule has 0 saturated heterocycles. The molecule has 0 aliphatic rings. The average Bonchev–Trinajstić information content (AvgIpc) is 2.58. The summed E-state index contributed by atoms with van der Waals surface area (Å²) in [5.74, 6) is 0.618. The van der Waals surface area contributed by atoms with Crippen molar-refractivity contribution < 1.29 is 13.2 Å². The van der Waals surface area contributed by atoms with Gasteiger partial charge in [0.25, 0.3) is 0 Å². The molecule has 0 spiro atoms. The molecule has 0 aliphatic heterocycles. The average molecular weight is 464 g/mol. The van der Waals surface area contributed by atoms with E-state index in [0.717, 1.165) is 23.4 Å². The fraction of sp³-hybridized carbons (Fsp3) is 0.294. The number of halogens is 4. The molecule has 0 aliphatic carbocycles. The van der Waals surface area contributed by atoms with Crippen LogP contribution in [0.1, 0.15) is 16.8 Å². The van der Waals surface area contributed by atoms with Gasteiger partial charge in [-0.15, -0.1) is 24.0 Å². The van der Waals surface area contributed by atoms with Crippen LogP contribution in [0.3, 0.4) is 0 Å². The number of hydrogen-bond donors (Lipinski definition) is 2. The molecule has 8 heteroatoms. The van der Waals surface area contributed by atoms with E-state index in [-0.39, 0.29) is 24.0 Å². The van der Waals surface area contributed by atoms with Crippen molar-refractivity contribution in [1.29, 1.82) is 0 Å². The maximum Gasteiger partial charge on any atom is 0.416 e. The predicted octanol–water partition coefficient (Wildman–Crippen LogP) is 3.63. The molecule has 2 rings (SSSR count). The number of alkyl halides is 3. The van der Waals surface area contributed by atoms with E-state index in [4.69, 9.17) is 0 Å². The second-order valence-electron chi connectivity index (χ2n) is 5.12. The summed E-state index contributed by atoms with van der Waals surface area (Å²) in [5.41, 5.74) is 1.09. The van der Waals surface area contributed by atoms with Crippen molar-refractivity contribution in [1.82, 2.24) is 15.6 Å². The second-order valence-corrected chi connectivity index (χ2v) is 5.12. The molecule has 1 aromatic carbocycles. The first kappa shape index (κ1) is 21.2. The molecule has 0 amide bonds. The molecule has 136 valence electrons. The zero-order valence-electron chi connectivity index (χ0n) is 13.7. The molecule has 2 aromatic rings. The van der Waals surface area contributed by atoms with Gasteiger partial charge in [0.05, 0.1) is 17.8 Å². The molecule has 0 saturated carbocycles. The minimum atomic E-state index is -4.30. The van der Waals surface area contributed by atoms with E-state index < -0.39 is 11.7 Å². The lowest BCUT2D eigenvalue weighted by atomic mass is 10.1. The molecule has 25 heavy (non-hydrogen) atoms. The van der Waals surface area contributed by atoms with Crippen LogP contribution in [-0.2, 0) is 19.1 Å². The first-order valence-electron chi connectivity index (χ1n) is 7.49. The van der Waals surface area contributed by atoms with Crippen molar-refractivity contribution in [2.24, 2.45) is 4.99 Å². The highest BCUT2D eigenvalue weighted by molar-refractivity contribution is 14.0. The van der Waals surface area contributed by atoms with E-state index in [9.17, 15) is 13.2 Å². The normalized spacial score (nSPS) is 11.6. The summed E-state index contributed by atoms with van der Waals surface area (Å²) in [6.45, 7) is 1.11. The molecule has 0 atom stereocenters. The van der Waals surface area contributed by atoms with Gasteiger partial charge in [-0.25, -0.2) is 0 Å². The summed E-state index contributed by atoms with van der Waals surface area (Å²) >= 11 is 0. The Morgan fingerprint density at radius 3 is 2.36 bits per heavy atom. The van der Waals surface area contributed by atoms with Gasteiger partial charge in [0, 0.05) is 19.8 Å². The number of aromatic nitrogens is 1. The highest BCUT2D eigenvalue weighted by Gasteiger charge is 2.29. The Balaban J connectivity index is 0.00000312. The van der Waals surface area contributed by atoms with E-state index in [2.05, 4.69) is 20.6 Å². The van der Waals surface area contributed by atoms with Crippen LogP contribution in [0.4, 0.5) is 13.2 Å². The fourth-order valence-corrected chi connectivity index (χ4v) is 2.08. The van der Waals surface area contributed by atoms with Gasteiger partial charge in [-0.3, -0.25) is 9.98 Å². The third-order valence-corrected chi connectivity index (χ3v) is 3.37. The molecule has 0 bridgehead atoms. The van der Waals surface area contributed by atoms with E-state index in [0.29, 0.717) is 25.5 Å². The summed E-state index contributed by atoms with van der Waals surface area (Å²) in [6.07, 6.45) is -1.98. The zero-order valence-corrected chi connectivity index (χ0v) is 16.0. The minimum absolute atomic E-state index is 0. The highest BCUT2D eigenvalue weighted by atomic mass is 127. The summed E-state index contributed by atoms with van der Waals surface area (Å²) in [4.78, 5) is 8.30. The van der Waals surface area contributed by atoms with Crippen LogP contribution in [-0.4, -0.2) is 24.5 Å². The number of aliphatic imine (C=N–C) groups is 1. The van der Waals surface area contributed by atoms with Crippen molar-refractivity contribution in [2.75, 3.05) is 13.6 Å². The van der Waals surface area contributed by atoms with Crippen molar-refractivity contribution in [3.05, 3.63) is 65.5 Å². The molecule has 2 N–H and O–H groups in total. The highest BCUT2D eigenvalue weighted by Crippen LogP contribution is 2.29. The Bertz CT molecular complexity index is 658. The number of nitrogens with one attached hydrogen (secondary N) is 2. The molecule has 0 unspecified atom stereocenters. The lowest BCUT2D eigenvalue weighted by Crippen LogP contribution is -2.38. The van der Waals surface area contributed by atoms with Gasteiger partial charge in [-0.05, 0) is 36.2 Å². The largest absolute Gasteiger partial charge is 0.416 e. The maximum absolute atomic E-state index is 12.5.